The molecule has 13 rings (SSSR count). The Morgan fingerprint density at radius 1 is 0.468 bits per heavy atom. The summed E-state index contributed by atoms with van der Waals surface area (Å²) in [7, 11) is 2.20. The van der Waals surface area contributed by atoms with Gasteiger partial charge in [0.1, 0.15) is 17.3 Å². The van der Waals surface area contributed by atoms with Gasteiger partial charge in [-0.3, -0.25) is 13.7 Å². The maximum atomic E-state index is 6.84. The van der Waals surface area contributed by atoms with E-state index in [1.165, 1.54) is 43.5 Å². The molecule has 8 aromatic carbocycles. The number of nitrogens with zero attached hydrogens (tertiary/aromatic N) is 6. The third-order valence-electron chi connectivity index (χ3n) is 12.4. The molecule has 0 aliphatic rings. The van der Waals surface area contributed by atoms with Crippen LogP contribution in [0.5, 0.6) is 11.5 Å². The average molecular weight is 797 g/mol. The first-order chi connectivity index (χ1) is 30.7. The predicted molar refractivity (Wildman–Crippen MR) is 251 cm³/mol. The van der Waals surface area contributed by atoms with Gasteiger partial charge < -0.3 is 13.9 Å². The molecule has 5 heterocycles. The van der Waals surface area contributed by atoms with Crippen LogP contribution in [0, 0.1) is 6.33 Å². The lowest BCUT2D eigenvalue weighted by Crippen LogP contribution is -2.29. The molecule has 0 saturated heterocycles. The van der Waals surface area contributed by atoms with Crippen molar-refractivity contribution in [3.05, 3.63) is 207 Å². The highest BCUT2D eigenvalue weighted by Gasteiger charge is 2.28. The molecule has 5 aromatic heterocycles. The molecule has 0 spiro atoms. The minimum atomic E-state index is 0.726. The van der Waals surface area contributed by atoms with Crippen molar-refractivity contribution in [2.24, 2.45) is 7.05 Å². The number of hydrogen-bond acceptors (Lipinski definition) is 2. The number of benzene rings is 8. The van der Waals surface area contributed by atoms with Crippen molar-refractivity contribution in [1.29, 1.82) is 0 Å². The summed E-state index contributed by atoms with van der Waals surface area (Å²) in [5.74, 6) is 2.30. The van der Waals surface area contributed by atoms with Gasteiger partial charge in [0.2, 0.25) is 0 Å². The van der Waals surface area contributed by atoms with Crippen molar-refractivity contribution < 1.29 is 9.30 Å². The van der Waals surface area contributed by atoms with Crippen LogP contribution in [0.1, 0.15) is 0 Å². The van der Waals surface area contributed by atoms with Crippen LogP contribution in [0.2, 0.25) is 0 Å². The van der Waals surface area contributed by atoms with Crippen LogP contribution < -0.4 is 9.30 Å². The molecule has 62 heavy (non-hydrogen) atoms. The number of ether oxygens (including phenoxy) is 1. The first-order valence-electron chi connectivity index (χ1n) is 20.9. The van der Waals surface area contributed by atoms with Crippen molar-refractivity contribution in [3.8, 4) is 34.4 Å². The van der Waals surface area contributed by atoms with Gasteiger partial charge in [0.05, 0.1) is 50.0 Å². The molecular weight excluding hydrogens is 761 g/mol. The third kappa shape index (κ3) is 4.93. The van der Waals surface area contributed by atoms with Gasteiger partial charge in [-0.1, -0.05) is 109 Å². The fraction of sp³-hybridized carbons (Fsp3) is 0.0182. The Morgan fingerprint density at radius 3 is 1.90 bits per heavy atom. The number of para-hydroxylation sites is 6. The van der Waals surface area contributed by atoms with Crippen molar-refractivity contribution >= 4 is 76.5 Å². The largest absolute Gasteiger partial charge is 0.458 e. The van der Waals surface area contributed by atoms with Crippen LogP contribution in [0.15, 0.2) is 200 Å². The Kier molecular flexibility index (Phi) is 7.39. The van der Waals surface area contributed by atoms with Crippen LogP contribution in [-0.2, 0) is 7.05 Å². The number of fused-ring (bicyclic) bond motifs is 13. The van der Waals surface area contributed by atoms with E-state index in [0.717, 1.165) is 67.3 Å². The van der Waals surface area contributed by atoms with E-state index in [4.69, 9.17) is 9.72 Å². The number of pyridine rings is 1. The molecule has 0 N–H and O–H groups in total. The third-order valence-corrected chi connectivity index (χ3v) is 12.4. The molecule has 0 amide bonds. The first kappa shape index (κ1) is 34.4. The molecule has 0 saturated carbocycles. The molecule has 13 aromatic rings. The van der Waals surface area contributed by atoms with Crippen molar-refractivity contribution in [2.75, 3.05) is 0 Å². The summed E-state index contributed by atoms with van der Waals surface area (Å²) < 4.78 is 18.2. The van der Waals surface area contributed by atoms with E-state index in [9.17, 15) is 0 Å². The van der Waals surface area contributed by atoms with Gasteiger partial charge >= 0.3 is 0 Å². The van der Waals surface area contributed by atoms with Gasteiger partial charge in [-0.2, -0.15) is 0 Å². The monoisotopic (exact) mass is 796 g/mol. The van der Waals surface area contributed by atoms with Crippen molar-refractivity contribution in [1.82, 2.24) is 23.3 Å². The van der Waals surface area contributed by atoms with E-state index in [-0.39, 0.29) is 0 Å². The first-order valence-corrected chi connectivity index (χ1v) is 20.9. The highest BCUT2D eigenvalue weighted by atomic mass is 16.5. The molecule has 0 radical (unpaired) electrons. The van der Waals surface area contributed by atoms with Crippen molar-refractivity contribution in [2.45, 2.75) is 0 Å². The molecule has 292 valence electrons. The summed E-state index contributed by atoms with van der Waals surface area (Å²) in [6.45, 7) is 0. The number of rotatable bonds is 6. The molecule has 0 aliphatic heterocycles. The Labute approximate surface area is 355 Å². The van der Waals surface area contributed by atoms with Gasteiger partial charge in [0.15, 0.2) is 0 Å². The maximum Gasteiger partial charge on any atom is 0.269 e. The number of imidazole rings is 1. The lowest BCUT2D eigenvalue weighted by molar-refractivity contribution is -0.572. The van der Waals surface area contributed by atoms with Gasteiger partial charge in [-0.15, -0.1) is 0 Å². The fourth-order valence-corrected chi connectivity index (χ4v) is 9.86. The van der Waals surface area contributed by atoms with E-state index in [0.29, 0.717) is 0 Å². The number of hydrogen-bond donors (Lipinski definition) is 0. The van der Waals surface area contributed by atoms with Crippen molar-refractivity contribution in [3.63, 3.8) is 0 Å². The van der Waals surface area contributed by atoms with E-state index in [1.807, 2.05) is 30.5 Å². The summed E-state index contributed by atoms with van der Waals surface area (Å²) in [6.07, 6.45) is 5.49. The van der Waals surface area contributed by atoms with Gasteiger partial charge in [-0.05, 0) is 78.9 Å². The second kappa shape index (κ2) is 13.3. The van der Waals surface area contributed by atoms with Crippen LogP contribution in [0.3, 0.4) is 0 Å². The molecule has 0 fully saturated rings. The molecule has 0 bridgehead atoms. The SMILES string of the molecule is Cn1c2ccccc2c2c1c1c(c3ccccc3n1-c1ccccc1)c1c3ccc(Oc4cccc(-[n+]5[c-]n(-c6ccccc6)c6ccccc65)c4)cc3n(-c3ccccn3)c12. The smallest absolute Gasteiger partial charge is 0.269 e. The molecule has 7 nitrogen and oxygen atoms in total. The molecular formula is C55H36N6O. The highest BCUT2D eigenvalue weighted by Crippen LogP contribution is 2.49. The standard InChI is InChI=1S/C55H36N6O/c1-57-44-25-10-8-23-41(44)52-53-50(51-42-24-9-11-26-45(42)60(55(51)54(52)57)37-19-6-3-7-20-37)43-31-30-40(34-48(43)61(53)49-29-14-15-32-56-49)62-39-22-16-21-38(33-39)59-35-58(36-17-4-2-5-18-36)46-27-12-13-28-47(46)59/h2-34H,1H3. The maximum absolute atomic E-state index is 6.84. The Balaban J connectivity index is 1.08. The number of aromatic nitrogens is 6. The zero-order valence-electron chi connectivity index (χ0n) is 33.6. The van der Waals surface area contributed by atoms with Crippen LogP contribution in [-0.4, -0.2) is 23.3 Å². The molecule has 7 heteroatoms. The lowest BCUT2D eigenvalue weighted by Gasteiger charge is -2.12. The molecule has 0 unspecified atom stereocenters. The second-order valence-electron chi connectivity index (χ2n) is 15.8. The normalized spacial score (nSPS) is 12.0. The second-order valence-corrected chi connectivity index (χ2v) is 15.8. The molecule has 0 aliphatic carbocycles. The zero-order valence-corrected chi connectivity index (χ0v) is 33.6. The Hall–Kier alpha value is -8.42. The van der Waals surface area contributed by atoms with Crippen LogP contribution in [0.25, 0.3) is 99.3 Å². The lowest BCUT2D eigenvalue weighted by atomic mass is 10.0. The topological polar surface area (TPSA) is 45.7 Å². The molecule has 0 atom stereocenters. The summed E-state index contributed by atoms with van der Waals surface area (Å²) in [5.41, 5.74) is 12.1. The summed E-state index contributed by atoms with van der Waals surface area (Å²) >= 11 is 0. The minimum absolute atomic E-state index is 0.726. The summed E-state index contributed by atoms with van der Waals surface area (Å²) in [4.78, 5) is 5.02. The Bertz CT molecular complexity index is 3890. The van der Waals surface area contributed by atoms with E-state index >= 15 is 0 Å². The van der Waals surface area contributed by atoms with E-state index < -0.39 is 0 Å². The highest BCUT2D eigenvalue weighted by molar-refractivity contribution is 6.40. The summed E-state index contributed by atoms with van der Waals surface area (Å²) in [6, 6.07) is 67.9. The predicted octanol–water partition coefficient (Wildman–Crippen LogP) is 12.7. The minimum Gasteiger partial charge on any atom is -0.458 e. The summed E-state index contributed by atoms with van der Waals surface area (Å²) in [5, 5.41) is 7.10. The fourth-order valence-electron chi connectivity index (χ4n) is 9.86. The Morgan fingerprint density at radius 2 is 1.11 bits per heavy atom. The van der Waals surface area contributed by atoms with Crippen LogP contribution >= 0.6 is 0 Å². The zero-order chi connectivity index (χ0) is 40.9. The quantitative estimate of drug-likeness (QED) is 0.124. The van der Waals surface area contributed by atoms with Gasteiger partial charge in [-0.25, -0.2) is 4.98 Å². The van der Waals surface area contributed by atoms with Gasteiger partial charge in [0.25, 0.3) is 6.33 Å². The van der Waals surface area contributed by atoms with E-state index in [2.05, 4.69) is 206 Å². The van der Waals surface area contributed by atoms with Gasteiger partial charge in [0, 0.05) is 62.8 Å². The van der Waals surface area contributed by atoms with Crippen LogP contribution in [0.4, 0.5) is 0 Å². The van der Waals surface area contributed by atoms with E-state index in [1.54, 1.807) is 0 Å². The average Bonchev–Trinajstić information content (AvgIpc) is 4.07. The number of aryl methyl sites for hydroxylation is 1.